The van der Waals surface area contributed by atoms with Gasteiger partial charge < -0.3 is 4.74 Å². The van der Waals surface area contributed by atoms with Gasteiger partial charge in [0.25, 0.3) is 0 Å². The summed E-state index contributed by atoms with van der Waals surface area (Å²) in [5.74, 6) is -0.480. The third kappa shape index (κ3) is 4.00. The van der Waals surface area contributed by atoms with Crippen molar-refractivity contribution in [2.24, 2.45) is 5.92 Å². The highest BCUT2D eigenvalue weighted by Crippen LogP contribution is 2.43. The van der Waals surface area contributed by atoms with E-state index in [0.29, 0.717) is 0 Å². The quantitative estimate of drug-likeness (QED) is 0.719. The molecule has 1 saturated heterocycles. The first-order valence-corrected chi connectivity index (χ1v) is 13.2. The molecule has 2 aliphatic rings. The molecule has 156 valence electrons. The largest absolute Gasteiger partial charge is 0.372 e. The van der Waals surface area contributed by atoms with Crippen LogP contribution in [0.15, 0.2) is 64.4 Å². The molecule has 1 aliphatic heterocycles. The SMILES string of the molecule is Cc1ccc(S(=O)(=O)C[C@@H]2O[C@@H]3CCCC[C@@H]3[C@H]2S(=O)(=O)c2ccccc2)cc1. The number of hydrogen-bond donors (Lipinski definition) is 0. The maximum absolute atomic E-state index is 13.5. The van der Waals surface area contributed by atoms with Crippen LogP contribution in [0.25, 0.3) is 0 Å². The highest BCUT2D eigenvalue weighted by Gasteiger charge is 2.52. The molecule has 2 aromatic rings. The number of hydrogen-bond acceptors (Lipinski definition) is 5. The minimum absolute atomic E-state index is 0.160. The Kier molecular flexibility index (Phi) is 5.57. The van der Waals surface area contributed by atoms with E-state index < -0.39 is 31.0 Å². The molecule has 0 aromatic heterocycles. The van der Waals surface area contributed by atoms with Crippen molar-refractivity contribution >= 4 is 19.7 Å². The summed E-state index contributed by atoms with van der Waals surface area (Å²) in [6.45, 7) is 1.89. The molecule has 0 unspecified atom stereocenters. The molecule has 7 heteroatoms. The van der Waals surface area contributed by atoms with E-state index in [1.165, 1.54) is 0 Å². The summed E-state index contributed by atoms with van der Waals surface area (Å²) in [6, 6.07) is 15.0. The lowest BCUT2D eigenvalue weighted by Gasteiger charge is -2.27. The lowest BCUT2D eigenvalue weighted by atomic mass is 9.85. The van der Waals surface area contributed by atoms with Crippen molar-refractivity contribution in [3.8, 4) is 0 Å². The minimum Gasteiger partial charge on any atom is -0.372 e. The average molecular weight is 435 g/mol. The summed E-state index contributed by atoms with van der Waals surface area (Å²) in [5, 5.41) is -0.838. The van der Waals surface area contributed by atoms with Gasteiger partial charge in [0.05, 0.1) is 33.0 Å². The van der Waals surface area contributed by atoms with Gasteiger partial charge in [-0.05, 0) is 44.0 Å². The first-order valence-electron chi connectivity index (χ1n) is 10.0. The van der Waals surface area contributed by atoms with E-state index in [4.69, 9.17) is 4.74 Å². The van der Waals surface area contributed by atoms with Crippen LogP contribution in [-0.2, 0) is 24.4 Å². The number of fused-ring (bicyclic) bond motifs is 1. The minimum atomic E-state index is -3.71. The van der Waals surface area contributed by atoms with Gasteiger partial charge in [-0.2, -0.15) is 0 Å². The van der Waals surface area contributed by atoms with Crippen molar-refractivity contribution in [2.45, 2.75) is 59.9 Å². The highest BCUT2D eigenvalue weighted by atomic mass is 32.2. The lowest BCUT2D eigenvalue weighted by molar-refractivity contribution is 0.0286. The number of sulfone groups is 2. The summed E-state index contributed by atoms with van der Waals surface area (Å²) in [7, 11) is -7.38. The number of aryl methyl sites for hydroxylation is 1. The van der Waals surface area contributed by atoms with E-state index in [1.54, 1.807) is 54.6 Å². The van der Waals surface area contributed by atoms with Gasteiger partial charge >= 0.3 is 0 Å². The van der Waals surface area contributed by atoms with Crippen molar-refractivity contribution < 1.29 is 21.6 Å². The fourth-order valence-corrected chi connectivity index (χ4v) is 8.40. The zero-order chi connectivity index (χ0) is 20.6. The predicted molar refractivity (Wildman–Crippen MR) is 111 cm³/mol. The molecule has 0 amide bonds. The van der Waals surface area contributed by atoms with Crippen LogP contribution >= 0.6 is 0 Å². The Morgan fingerprint density at radius 2 is 1.52 bits per heavy atom. The molecular formula is C22H26O5S2. The molecule has 1 heterocycles. The maximum atomic E-state index is 13.5. The average Bonchev–Trinajstić information content (AvgIpc) is 3.06. The van der Waals surface area contributed by atoms with E-state index in [2.05, 4.69) is 0 Å². The second-order valence-electron chi connectivity index (χ2n) is 8.08. The normalized spacial score (nSPS) is 27.5. The van der Waals surface area contributed by atoms with Crippen LogP contribution in [0.4, 0.5) is 0 Å². The van der Waals surface area contributed by atoms with Gasteiger partial charge in [-0.25, -0.2) is 16.8 Å². The van der Waals surface area contributed by atoms with Crippen molar-refractivity contribution in [1.29, 1.82) is 0 Å². The highest BCUT2D eigenvalue weighted by molar-refractivity contribution is 7.93. The summed E-state index contributed by atoms with van der Waals surface area (Å²) in [5.41, 5.74) is 0.969. The van der Waals surface area contributed by atoms with Gasteiger partial charge in [0.2, 0.25) is 0 Å². The van der Waals surface area contributed by atoms with Crippen molar-refractivity contribution in [3.63, 3.8) is 0 Å². The van der Waals surface area contributed by atoms with E-state index >= 15 is 0 Å². The van der Waals surface area contributed by atoms with Crippen molar-refractivity contribution in [1.82, 2.24) is 0 Å². The Bertz CT molecular complexity index is 1060. The molecule has 4 rings (SSSR count). The molecule has 4 atom stereocenters. The monoisotopic (exact) mass is 434 g/mol. The van der Waals surface area contributed by atoms with Gasteiger partial charge in [0.1, 0.15) is 0 Å². The summed E-state index contributed by atoms with van der Waals surface area (Å²) in [4.78, 5) is 0.440. The smallest absolute Gasteiger partial charge is 0.184 e. The fraction of sp³-hybridized carbons (Fsp3) is 0.455. The second kappa shape index (κ2) is 7.85. The molecular weight excluding hydrogens is 408 g/mol. The van der Waals surface area contributed by atoms with Crippen LogP contribution in [0.1, 0.15) is 31.2 Å². The Morgan fingerprint density at radius 3 is 2.21 bits per heavy atom. The molecule has 2 aromatic carbocycles. The molecule has 0 N–H and O–H groups in total. The topological polar surface area (TPSA) is 77.5 Å². The number of ether oxygens (including phenoxy) is 1. The summed E-state index contributed by atoms with van der Waals surface area (Å²) < 4.78 is 59.2. The second-order valence-corrected chi connectivity index (χ2v) is 12.2. The van der Waals surface area contributed by atoms with E-state index in [-0.39, 0.29) is 27.6 Å². The van der Waals surface area contributed by atoms with Crippen LogP contribution in [0.5, 0.6) is 0 Å². The van der Waals surface area contributed by atoms with Crippen LogP contribution in [0.3, 0.4) is 0 Å². The van der Waals surface area contributed by atoms with E-state index in [9.17, 15) is 16.8 Å². The molecule has 0 spiro atoms. The zero-order valence-electron chi connectivity index (χ0n) is 16.4. The van der Waals surface area contributed by atoms with Crippen LogP contribution in [0.2, 0.25) is 0 Å². The standard InChI is InChI=1S/C22H26O5S2/c1-16-11-13-17(14-12-16)28(23,24)15-21-22(19-9-5-6-10-20(19)27-21)29(25,26)18-7-3-2-4-8-18/h2-4,7-8,11-14,19-22H,5-6,9-10,15H2,1H3/t19-,20+,21-,22+/m0/s1. The van der Waals surface area contributed by atoms with Crippen LogP contribution < -0.4 is 0 Å². The van der Waals surface area contributed by atoms with Gasteiger partial charge in [0, 0.05) is 5.92 Å². The molecule has 0 bridgehead atoms. The lowest BCUT2D eigenvalue weighted by Crippen LogP contribution is -2.40. The summed E-state index contributed by atoms with van der Waals surface area (Å²) >= 11 is 0. The van der Waals surface area contributed by atoms with E-state index in [0.717, 1.165) is 31.2 Å². The van der Waals surface area contributed by atoms with Gasteiger partial charge in [-0.15, -0.1) is 0 Å². The molecule has 0 radical (unpaired) electrons. The fourth-order valence-electron chi connectivity index (χ4n) is 4.64. The molecule has 5 nitrogen and oxygen atoms in total. The van der Waals surface area contributed by atoms with Crippen molar-refractivity contribution in [3.05, 3.63) is 60.2 Å². The molecule has 1 saturated carbocycles. The third-order valence-corrected chi connectivity index (χ3v) is 10.1. The maximum Gasteiger partial charge on any atom is 0.184 e. The first kappa shape index (κ1) is 20.6. The Morgan fingerprint density at radius 1 is 0.862 bits per heavy atom. The predicted octanol–water partition coefficient (Wildman–Crippen LogP) is 3.57. The van der Waals surface area contributed by atoms with Gasteiger partial charge in [-0.3, -0.25) is 0 Å². The van der Waals surface area contributed by atoms with Crippen LogP contribution in [-0.4, -0.2) is 40.0 Å². The van der Waals surface area contributed by atoms with E-state index in [1.807, 2.05) is 6.92 Å². The zero-order valence-corrected chi connectivity index (χ0v) is 18.0. The molecule has 1 aliphatic carbocycles. The third-order valence-electron chi connectivity index (χ3n) is 6.09. The summed E-state index contributed by atoms with van der Waals surface area (Å²) in [6.07, 6.45) is 2.42. The van der Waals surface area contributed by atoms with Gasteiger partial charge in [0.15, 0.2) is 19.7 Å². The molecule has 2 fully saturated rings. The van der Waals surface area contributed by atoms with Crippen LogP contribution in [0, 0.1) is 12.8 Å². The number of rotatable bonds is 5. The molecule has 29 heavy (non-hydrogen) atoms. The first-order chi connectivity index (χ1) is 13.8. The Labute approximate surface area is 172 Å². The van der Waals surface area contributed by atoms with Crippen molar-refractivity contribution in [2.75, 3.05) is 5.75 Å². The van der Waals surface area contributed by atoms with Gasteiger partial charge in [-0.1, -0.05) is 48.7 Å². The Hall–Kier alpha value is -1.70. The Balaban J connectivity index is 1.70. The number of benzene rings is 2.